The third-order valence-corrected chi connectivity index (χ3v) is 22.5. The molecule has 23 rings (SSSR count). The first-order valence-electron chi connectivity index (χ1n) is 40.8. The summed E-state index contributed by atoms with van der Waals surface area (Å²) in [6.45, 7) is 3.63. The average Bonchev–Trinajstić information content (AvgIpc) is 1.60. The standard InChI is InChI=1S/C36H25BrN2.C24H18N2.C19H15N.C18H13NO.C14H11NO2/c37-28-19-15-26(16-20-28)27-17-21-31(22-18-27)38(29-9-3-1-4-10-29)32-23-24-36-34(25-32)33-13-7-8-14-35(33)39(36)30-11-5-2-6-12-30;1-3-9-18(10-4-1)25-19-15-16-24-22(17-19)21-13-7-8-14-23(21)26(24)20-11-5-2-6-12-20;1-14-11-12-19-17(13-14)16-9-5-6-10-18(16)20(19)15-7-3-2-4-8-15;1-2-6-13(7-3-1)19-14-10-11-16-15-8-4-5-9-17(15)20-18(16)12-14;1-9(16)15-12-7-4-6-11-10-5-2-3-8-13(10)17-14(11)12/h1-25H;1-17,25H;2-13H,1H3;1-12,19H;2-8H,1H3,(H,15,16). The SMILES string of the molecule is Brc1ccc(-c2ccc(N(c3ccccc3)c3ccc4c(c3)c3ccccc3n4-c3ccccc3)cc2)cc1.CC(=O)Nc1cccc2c1oc1ccccc12.Cc1ccc2c(c1)c1ccccc1n2-c1ccccc1.c1ccc(Nc2ccc3c(c2)c2ccccc2n3-c2ccccc2)cc1.c1ccc(Nc2ccc3c(c2)oc2ccccc23)cc1. The van der Waals surface area contributed by atoms with Crippen LogP contribution in [0.4, 0.5) is 45.5 Å². The minimum atomic E-state index is -0.0991. The molecule has 0 saturated carbocycles. The molecule has 122 heavy (non-hydrogen) atoms. The lowest BCUT2D eigenvalue weighted by atomic mass is 10.0. The number of nitrogens with one attached hydrogen (secondary N) is 3. The van der Waals surface area contributed by atoms with Gasteiger partial charge in [-0.05, 0) is 212 Å². The monoisotopic (exact) mass is 1640 g/mol. The van der Waals surface area contributed by atoms with Crippen molar-refractivity contribution in [2.24, 2.45) is 0 Å². The molecule has 18 aromatic carbocycles. The van der Waals surface area contributed by atoms with Crippen LogP contribution >= 0.6 is 15.9 Å². The zero-order chi connectivity index (χ0) is 82.2. The van der Waals surface area contributed by atoms with Crippen LogP contribution in [0, 0.1) is 6.92 Å². The molecule has 23 aromatic rings. The molecule has 5 heterocycles. The number of carbonyl (C=O) groups excluding carboxylic acids is 1. The van der Waals surface area contributed by atoms with Crippen LogP contribution in [0.3, 0.4) is 0 Å². The molecule has 586 valence electrons. The molecule has 5 aromatic heterocycles. The highest BCUT2D eigenvalue weighted by atomic mass is 79.9. The summed E-state index contributed by atoms with van der Waals surface area (Å²) in [4.78, 5) is 13.5. The van der Waals surface area contributed by atoms with E-state index in [4.69, 9.17) is 8.83 Å². The summed E-state index contributed by atoms with van der Waals surface area (Å²) in [5, 5.41) is 21.7. The Hall–Kier alpha value is -15.7. The van der Waals surface area contributed by atoms with Gasteiger partial charge < -0.3 is 43.4 Å². The Bertz CT molecular complexity index is 7640. The van der Waals surface area contributed by atoms with Gasteiger partial charge in [0.2, 0.25) is 5.91 Å². The van der Waals surface area contributed by atoms with E-state index in [0.29, 0.717) is 5.69 Å². The third-order valence-electron chi connectivity index (χ3n) is 22.0. The molecule has 1 amide bonds. The van der Waals surface area contributed by atoms with Gasteiger partial charge in [0.15, 0.2) is 5.58 Å². The highest BCUT2D eigenvalue weighted by Gasteiger charge is 2.20. The van der Waals surface area contributed by atoms with Crippen LogP contribution in [0.15, 0.2) is 456 Å². The summed E-state index contributed by atoms with van der Waals surface area (Å²) in [6, 6.07) is 154. The van der Waals surface area contributed by atoms with Crippen LogP contribution < -0.4 is 20.9 Å². The largest absolute Gasteiger partial charge is 0.456 e. The lowest BCUT2D eigenvalue weighted by Gasteiger charge is -2.26. The first kappa shape index (κ1) is 76.3. The maximum atomic E-state index is 11.1. The van der Waals surface area contributed by atoms with Gasteiger partial charge in [0.25, 0.3) is 0 Å². The van der Waals surface area contributed by atoms with Crippen molar-refractivity contribution in [1.82, 2.24) is 13.7 Å². The summed E-state index contributed by atoms with van der Waals surface area (Å²) in [6.07, 6.45) is 0. The minimum absolute atomic E-state index is 0.0991. The summed E-state index contributed by atoms with van der Waals surface area (Å²) in [5.74, 6) is -0.0991. The number of carbonyl (C=O) groups is 1. The van der Waals surface area contributed by atoms with Crippen molar-refractivity contribution in [1.29, 1.82) is 0 Å². The van der Waals surface area contributed by atoms with E-state index in [1.165, 1.54) is 106 Å². The third kappa shape index (κ3) is 15.8. The number of rotatable bonds is 12. The highest BCUT2D eigenvalue weighted by molar-refractivity contribution is 9.10. The second-order valence-electron chi connectivity index (χ2n) is 30.0. The highest BCUT2D eigenvalue weighted by Crippen LogP contribution is 2.43. The summed E-state index contributed by atoms with van der Waals surface area (Å²) in [5.41, 5.74) is 26.4. The topological polar surface area (TPSA) is 97.5 Å². The molecule has 0 saturated heterocycles. The number of aromatic nitrogens is 3. The van der Waals surface area contributed by atoms with E-state index in [9.17, 15) is 4.79 Å². The molecular weight excluding hydrogens is 1560 g/mol. The van der Waals surface area contributed by atoms with Gasteiger partial charge in [-0.1, -0.05) is 264 Å². The van der Waals surface area contributed by atoms with E-state index in [0.717, 1.165) is 88.2 Å². The number of aryl methyl sites for hydroxylation is 1. The summed E-state index contributed by atoms with van der Waals surface area (Å²) < 4.78 is 19.8. The van der Waals surface area contributed by atoms with E-state index in [1.54, 1.807) is 0 Å². The van der Waals surface area contributed by atoms with E-state index in [-0.39, 0.29) is 5.91 Å². The Balaban J connectivity index is 0.000000104. The van der Waals surface area contributed by atoms with E-state index in [2.05, 4.69) is 385 Å². The van der Waals surface area contributed by atoms with Gasteiger partial charge in [-0.2, -0.15) is 0 Å². The summed E-state index contributed by atoms with van der Waals surface area (Å²) in [7, 11) is 0. The molecule has 0 radical (unpaired) electrons. The predicted molar refractivity (Wildman–Crippen MR) is 516 cm³/mol. The Morgan fingerprint density at radius 2 is 0.648 bits per heavy atom. The zero-order valence-corrected chi connectivity index (χ0v) is 68.6. The molecular formula is C111H82BrN7O3. The fourth-order valence-corrected chi connectivity index (χ4v) is 16.8. The number of halogens is 1. The smallest absolute Gasteiger partial charge is 0.221 e. The van der Waals surface area contributed by atoms with Crippen molar-refractivity contribution in [2.45, 2.75) is 13.8 Å². The molecule has 0 bridgehead atoms. The molecule has 0 unspecified atom stereocenters. The van der Waals surface area contributed by atoms with E-state index < -0.39 is 0 Å². The van der Waals surface area contributed by atoms with E-state index >= 15 is 0 Å². The van der Waals surface area contributed by atoms with Crippen LogP contribution in [0.5, 0.6) is 0 Å². The van der Waals surface area contributed by atoms with Crippen molar-refractivity contribution in [3.63, 3.8) is 0 Å². The lowest BCUT2D eigenvalue weighted by Crippen LogP contribution is -2.09. The van der Waals surface area contributed by atoms with Crippen LogP contribution in [0.25, 0.3) is 137 Å². The van der Waals surface area contributed by atoms with Gasteiger partial charge in [-0.15, -0.1) is 0 Å². The van der Waals surface area contributed by atoms with Gasteiger partial charge in [0, 0.05) is 128 Å². The molecule has 10 nitrogen and oxygen atoms in total. The number of hydrogen-bond acceptors (Lipinski definition) is 6. The fourth-order valence-electron chi connectivity index (χ4n) is 16.5. The molecule has 11 heteroatoms. The zero-order valence-electron chi connectivity index (χ0n) is 67.0. The number of para-hydroxylation sites is 12. The van der Waals surface area contributed by atoms with Gasteiger partial charge in [0.1, 0.15) is 16.7 Å². The molecule has 0 atom stereocenters. The first-order chi connectivity index (χ1) is 60.2. The number of nitrogens with zero attached hydrogens (tertiary/aromatic N) is 4. The number of amides is 1. The maximum absolute atomic E-state index is 11.1. The van der Waals surface area contributed by atoms with Crippen LogP contribution in [-0.4, -0.2) is 19.6 Å². The molecule has 0 spiro atoms. The Morgan fingerprint density at radius 3 is 1.17 bits per heavy atom. The van der Waals surface area contributed by atoms with Crippen molar-refractivity contribution < 1.29 is 13.6 Å². The predicted octanol–water partition coefficient (Wildman–Crippen LogP) is 31.2. The van der Waals surface area contributed by atoms with Crippen molar-refractivity contribution in [2.75, 3.05) is 20.9 Å². The molecule has 0 fully saturated rings. The Labute approximate surface area is 714 Å². The van der Waals surface area contributed by atoms with E-state index in [1.807, 2.05) is 115 Å². The number of fused-ring (bicyclic) bond motifs is 15. The molecule has 0 aliphatic heterocycles. The number of anilines is 8. The number of hydrogen-bond donors (Lipinski definition) is 3. The normalized spacial score (nSPS) is 11.1. The van der Waals surface area contributed by atoms with Crippen molar-refractivity contribution in [3.05, 3.63) is 453 Å². The van der Waals surface area contributed by atoms with Gasteiger partial charge >= 0.3 is 0 Å². The minimum Gasteiger partial charge on any atom is -0.456 e. The number of furan rings is 2. The molecule has 0 aliphatic carbocycles. The van der Waals surface area contributed by atoms with Gasteiger partial charge in [-0.3, -0.25) is 4.79 Å². The Morgan fingerprint density at radius 1 is 0.279 bits per heavy atom. The van der Waals surface area contributed by atoms with Crippen LogP contribution in [0.1, 0.15) is 12.5 Å². The van der Waals surface area contributed by atoms with Crippen LogP contribution in [0.2, 0.25) is 0 Å². The Kier molecular flexibility index (Phi) is 21.6. The van der Waals surface area contributed by atoms with Gasteiger partial charge in [0.05, 0.1) is 38.8 Å². The molecule has 0 aliphatic rings. The van der Waals surface area contributed by atoms with Gasteiger partial charge in [-0.25, -0.2) is 0 Å². The average molecular weight is 1640 g/mol. The van der Waals surface area contributed by atoms with Crippen molar-refractivity contribution in [3.8, 4) is 28.2 Å². The first-order valence-corrected chi connectivity index (χ1v) is 41.6. The summed E-state index contributed by atoms with van der Waals surface area (Å²) >= 11 is 3.54. The second-order valence-corrected chi connectivity index (χ2v) is 30.9. The fraction of sp³-hybridized carbons (Fsp3) is 0.0180. The number of benzene rings is 18. The second kappa shape index (κ2) is 34.5. The quantitative estimate of drug-likeness (QED) is 0.113. The van der Waals surface area contributed by atoms with Crippen LogP contribution in [-0.2, 0) is 4.79 Å². The molecule has 3 N–H and O–H groups in total. The maximum Gasteiger partial charge on any atom is 0.221 e. The lowest BCUT2D eigenvalue weighted by molar-refractivity contribution is -0.114. The van der Waals surface area contributed by atoms with Crippen molar-refractivity contribution >= 4 is 177 Å².